The van der Waals surface area contributed by atoms with Crippen LogP contribution >= 0.6 is 0 Å². The van der Waals surface area contributed by atoms with Gasteiger partial charge in [0.1, 0.15) is 6.04 Å². The molecule has 0 saturated carbocycles. The molecular weight excluding hydrogens is 272 g/mol. The Morgan fingerprint density at radius 3 is 2.55 bits per heavy atom. The van der Waals surface area contributed by atoms with Crippen LogP contribution in [0, 0.1) is 5.92 Å². The smallest absolute Gasteiger partial charge is 0.320 e. The molecule has 0 bridgehead atoms. The van der Waals surface area contributed by atoms with Crippen molar-refractivity contribution < 1.29 is 28.3 Å². The van der Waals surface area contributed by atoms with Gasteiger partial charge in [-0.25, -0.2) is 8.78 Å². The monoisotopic (exact) mass is 287 g/mol. The Morgan fingerprint density at radius 2 is 2.10 bits per heavy atom. The SMILES string of the molecule is NC(CC1=CCC(C(=O)C(F)C(=O)CF)C=C1)C(=O)O. The average molecular weight is 287 g/mol. The van der Waals surface area contributed by atoms with Crippen LogP contribution in [0.3, 0.4) is 0 Å². The molecular formula is C13H15F2NO4. The molecule has 7 heteroatoms. The fourth-order valence-electron chi connectivity index (χ4n) is 1.78. The number of Topliss-reactive ketones (excluding diaryl/α,β-unsaturated/α-hetero) is 2. The minimum absolute atomic E-state index is 0.0925. The van der Waals surface area contributed by atoms with E-state index in [4.69, 9.17) is 10.8 Å². The Hall–Kier alpha value is -1.89. The van der Waals surface area contributed by atoms with Crippen LogP contribution in [-0.2, 0) is 14.4 Å². The lowest BCUT2D eigenvalue weighted by Crippen LogP contribution is -2.33. The quantitative estimate of drug-likeness (QED) is 0.673. The van der Waals surface area contributed by atoms with Crippen LogP contribution < -0.4 is 5.73 Å². The van der Waals surface area contributed by atoms with Gasteiger partial charge in [0.15, 0.2) is 12.5 Å². The summed E-state index contributed by atoms with van der Waals surface area (Å²) in [5.74, 6) is -4.35. The minimum atomic E-state index is -2.45. The third-order valence-corrected chi connectivity index (χ3v) is 2.98. The van der Waals surface area contributed by atoms with Crippen LogP contribution in [0.4, 0.5) is 8.78 Å². The Bertz CT molecular complexity index is 473. The molecule has 0 radical (unpaired) electrons. The molecule has 110 valence electrons. The molecule has 5 nitrogen and oxygen atoms in total. The number of halogens is 2. The Kier molecular flexibility index (Phi) is 5.69. The van der Waals surface area contributed by atoms with Crippen molar-refractivity contribution in [3.63, 3.8) is 0 Å². The van der Waals surface area contributed by atoms with Gasteiger partial charge in [0.2, 0.25) is 12.0 Å². The third-order valence-electron chi connectivity index (χ3n) is 2.98. The Balaban J connectivity index is 2.60. The van der Waals surface area contributed by atoms with Crippen molar-refractivity contribution in [2.75, 3.05) is 6.67 Å². The molecule has 20 heavy (non-hydrogen) atoms. The van der Waals surface area contributed by atoms with E-state index in [0.29, 0.717) is 5.57 Å². The maximum atomic E-state index is 13.3. The first kappa shape index (κ1) is 16.2. The average Bonchev–Trinajstić information content (AvgIpc) is 2.45. The van der Waals surface area contributed by atoms with Crippen molar-refractivity contribution in [2.45, 2.75) is 25.1 Å². The van der Waals surface area contributed by atoms with Gasteiger partial charge in [-0.05, 0) is 12.8 Å². The van der Waals surface area contributed by atoms with Gasteiger partial charge in [0.05, 0.1) is 0 Å². The number of nitrogens with two attached hydrogens (primary N) is 1. The maximum Gasteiger partial charge on any atom is 0.320 e. The fraction of sp³-hybridized carbons (Fsp3) is 0.462. The summed E-state index contributed by atoms with van der Waals surface area (Å²) in [6.45, 7) is -1.52. The summed E-state index contributed by atoms with van der Waals surface area (Å²) in [5, 5.41) is 8.66. The summed E-state index contributed by atoms with van der Waals surface area (Å²) in [4.78, 5) is 33.0. The molecule has 0 spiro atoms. The topological polar surface area (TPSA) is 97.5 Å². The second-order valence-electron chi connectivity index (χ2n) is 4.49. The number of rotatable bonds is 7. The predicted octanol–water partition coefficient (Wildman–Crippen LogP) is 0.737. The first-order valence-electron chi connectivity index (χ1n) is 5.99. The van der Waals surface area contributed by atoms with Crippen molar-refractivity contribution in [1.29, 1.82) is 0 Å². The maximum absolute atomic E-state index is 13.3. The van der Waals surface area contributed by atoms with Gasteiger partial charge in [0, 0.05) is 5.92 Å². The van der Waals surface area contributed by atoms with Crippen LogP contribution in [0.25, 0.3) is 0 Å². The number of hydrogen-bond donors (Lipinski definition) is 2. The van der Waals surface area contributed by atoms with Crippen molar-refractivity contribution in [3.05, 3.63) is 23.8 Å². The highest BCUT2D eigenvalue weighted by Gasteiger charge is 2.31. The van der Waals surface area contributed by atoms with E-state index in [1.807, 2.05) is 0 Å². The number of alkyl halides is 2. The van der Waals surface area contributed by atoms with Crippen molar-refractivity contribution in [3.8, 4) is 0 Å². The molecule has 1 aliphatic rings. The largest absolute Gasteiger partial charge is 0.480 e. The number of carbonyl (C=O) groups excluding carboxylic acids is 2. The zero-order valence-electron chi connectivity index (χ0n) is 10.6. The molecule has 3 unspecified atom stereocenters. The summed E-state index contributed by atoms with van der Waals surface area (Å²) in [5.41, 5.74) is 5.98. The van der Waals surface area contributed by atoms with E-state index in [-0.39, 0.29) is 12.8 Å². The molecule has 0 aliphatic heterocycles. The van der Waals surface area contributed by atoms with E-state index in [1.54, 1.807) is 6.08 Å². The number of ketones is 2. The lowest BCUT2D eigenvalue weighted by molar-refractivity contribution is -0.139. The van der Waals surface area contributed by atoms with Crippen LogP contribution in [0.1, 0.15) is 12.8 Å². The van der Waals surface area contributed by atoms with Crippen LogP contribution in [0.2, 0.25) is 0 Å². The molecule has 0 aromatic heterocycles. The van der Waals surface area contributed by atoms with E-state index in [1.165, 1.54) is 12.2 Å². The molecule has 1 rings (SSSR count). The molecule has 3 N–H and O–H groups in total. The number of carboxylic acids is 1. The number of carboxylic acid groups (broad SMARTS) is 1. The molecule has 0 amide bonds. The molecule has 0 fully saturated rings. The van der Waals surface area contributed by atoms with E-state index in [2.05, 4.69) is 0 Å². The molecule has 3 atom stereocenters. The van der Waals surface area contributed by atoms with Crippen molar-refractivity contribution >= 4 is 17.5 Å². The van der Waals surface area contributed by atoms with Gasteiger partial charge in [-0.15, -0.1) is 0 Å². The highest BCUT2D eigenvalue weighted by Crippen LogP contribution is 2.22. The lowest BCUT2D eigenvalue weighted by atomic mass is 9.88. The van der Waals surface area contributed by atoms with Gasteiger partial charge in [-0.1, -0.05) is 23.8 Å². The Labute approximate surface area is 114 Å². The number of carbonyl (C=O) groups is 3. The summed E-state index contributed by atoms with van der Waals surface area (Å²) in [7, 11) is 0. The highest BCUT2D eigenvalue weighted by molar-refractivity contribution is 6.07. The second kappa shape index (κ2) is 7.04. The zero-order chi connectivity index (χ0) is 15.3. The van der Waals surface area contributed by atoms with E-state index in [0.717, 1.165) is 0 Å². The molecule has 0 aromatic rings. The van der Waals surface area contributed by atoms with Gasteiger partial charge in [-0.3, -0.25) is 14.4 Å². The lowest BCUT2D eigenvalue weighted by Gasteiger charge is -2.17. The molecule has 1 aliphatic carbocycles. The van der Waals surface area contributed by atoms with Crippen LogP contribution in [-0.4, -0.2) is 41.5 Å². The molecule has 0 aromatic carbocycles. The normalized spacial score (nSPS) is 20.9. The van der Waals surface area contributed by atoms with Gasteiger partial charge < -0.3 is 10.8 Å². The van der Waals surface area contributed by atoms with Crippen LogP contribution in [0.15, 0.2) is 23.8 Å². The molecule has 0 heterocycles. The summed E-state index contributed by atoms with van der Waals surface area (Å²) in [6, 6.07) is -1.06. The molecule has 0 saturated heterocycles. The van der Waals surface area contributed by atoms with Crippen molar-refractivity contribution in [2.24, 2.45) is 11.7 Å². The highest BCUT2D eigenvalue weighted by atomic mass is 19.1. The van der Waals surface area contributed by atoms with E-state index in [9.17, 15) is 23.2 Å². The second-order valence-corrected chi connectivity index (χ2v) is 4.49. The third kappa shape index (κ3) is 4.06. The fourth-order valence-corrected chi connectivity index (χ4v) is 1.78. The van der Waals surface area contributed by atoms with E-state index >= 15 is 0 Å². The summed E-state index contributed by atoms with van der Waals surface area (Å²) >= 11 is 0. The van der Waals surface area contributed by atoms with Gasteiger partial charge in [0.25, 0.3) is 0 Å². The van der Waals surface area contributed by atoms with Gasteiger partial charge in [-0.2, -0.15) is 0 Å². The standard InChI is InChI=1S/C13H15F2NO4/c14-6-10(17)11(15)12(18)8-3-1-7(2-4-8)5-9(16)13(19)20/h1-3,8-9,11H,4-6,16H2,(H,19,20). The van der Waals surface area contributed by atoms with E-state index < -0.39 is 42.3 Å². The first-order valence-corrected chi connectivity index (χ1v) is 5.99. The van der Waals surface area contributed by atoms with Gasteiger partial charge >= 0.3 is 5.97 Å². The van der Waals surface area contributed by atoms with Crippen LogP contribution in [0.5, 0.6) is 0 Å². The number of allylic oxidation sites excluding steroid dienone is 3. The predicted molar refractivity (Wildman–Crippen MR) is 66.4 cm³/mol. The Morgan fingerprint density at radius 1 is 1.45 bits per heavy atom. The first-order chi connectivity index (χ1) is 9.36. The number of hydrogen-bond acceptors (Lipinski definition) is 4. The van der Waals surface area contributed by atoms with Crippen molar-refractivity contribution in [1.82, 2.24) is 0 Å². The minimum Gasteiger partial charge on any atom is -0.480 e. The number of aliphatic carboxylic acids is 1. The summed E-state index contributed by atoms with van der Waals surface area (Å²) in [6.07, 6.45) is 2.20. The zero-order valence-corrected chi connectivity index (χ0v) is 10.6. The summed E-state index contributed by atoms with van der Waals surface area (Å²) < 4.78 is 25.3.